The van der Waals surface area contributed by atoms with Gasteiger partial charge in [0.05, 0.1) is 0 Å². The highest BCUT2D eigenvalue weighted by Crippen LogP contribution is 2.52. The lowest BCUT2D eigenvalue weighted by molar-refractivity contribution is -0.146. The van der Waals surface area contributed by atoms with Crippen LogP contribution < -0.4 is 0 Å². The number of hydrogen-bond acceptors (Lipinski definition) is 5. The molecule has 1 aliphatic carbocycles. The topological polar surface area (TPSA) is 68.0 Å². The maximum Gasteiger partial charge on any atom is 0.190 e. The first kappa shape index (κ1) is 14.9. The van der Waals surface area contributed by atoms with Gasteiger partial charge in [0.1, 0.15) is 5.25 Å². The van der Waals surface area contributed by atoms with Gasteiger partial charge in [-0.05, 0) is 18.4 Å². The lowest BCUT2D eigenvalue weighted by Crippen LogP contribution is -2.52. The van der Waals surface area contributed by atoms with Gasteiger partial charge < -0.3 is 5.11 Å². The van der Waals surface area contributed by atoms with Gasteiger partial charge in [-0.1, -0.05) is 49.4 Å². The van der Waals surface area contributed by atoms with E-state index in [1.54, 1.807) is 4.68 Å². The number of rotatable bonds is 1. The Bertz CT molecular complexity index is 814. The highest BCUT2D eigenvalue weighted by molar-refractivity contribution is 8.00. The molecule has 120 valence electrons. The van der Waals surface area contributed by atoms with Gasteiger partial charge in [-0.2, -0.15) is 0 Å². The zero-order valence-electron chi connectivity index (χ0n) is 13.4. The molecule has 5 nitrogen and oxygen atoms in total. The quantitative estimate of drug-likeness (QED) is 0.871. The molecule has 1 saturated carbocycles. The number of Topliss-reactive ketones (excluding diaryl/α,β-unsaturated/α-hetero) is 1. The molecule has 2 atom stereocenters. The molecule has 0 unspecified atom stereocenters. The number of fused-ring (bicyclic) bond motifs is 3. The van der Waals surface area contributed by atoms with Crippen LogP contribution in [-0.4, -0.2) is 30.9 Å². The van der Waals surface area contributed by atoms with Crippen molar-refractivity contribution in [3.63, 3.8) is 0 Å². The van der Waals surface area contributed by atoms with E-state index in [1.807, 2.05) is 45.0 Å². The molecule has 0 saturated heterocycles. The molecule has 1 aromatic carbocycles. The van der Waals surface area contributed by atoms with Crippen molar-refractivity contribution in [3.05, 3.63) is 29.8 Å². The molecule has 1 aliphatic heterocycles. The minimum Gasteiger partial charge on any atom is -0.368 e. The normalized spacial score (nSPS) is 28.5. The smallest absolute Gasteiger partial charge is 0.190 e. The van der Waals surface area contributed by atoms with Gasteiger partial charge >= 0.3 is 0 Å². The predicted molar refractivity (Wildman–Crippen MR) is 88.1 cm³/mol. The molecule has 2 aliphatic rings. The SMILES string of the molecule is Cc1cccc(-c2nc3n(n2)[C@]2(O)CC(C)(C)CC(=O)[C@H]2S3)c1. The third kappa shape index (κ3) is 2.23. The van der Waals surface area contributed by atoms with Crippen molar-refractivity contribution in [1.82, 2.24) is 14.8 Å². The molecule has 2 aromatic rings. The molecule has 2 heterocycles. The number of aliphatic hydroxyl groups is 1. The molecule has 0 radical (unpaired) electrons. The standard InChI is InChI=1S/C17H19N3O2S/c1-10-5-4-6-11(7-10)14-18-15-20(19-14)17(22)9-16(2,3)8-12(21)13(17)23-15/h4-7,13,22H,8-9H2,1-3H3/t13-,17+/m1/s1. The Morgan fingerprint density at radius 1 is 1.39 bits per heavy atom. The van der Waals surface area contributed by atoms with Crippen LogP contribution in [-0.2, 0) is 10.5 Å². The molecule has 0 bridgehead atoms. The second kappa shape index (κ2) is 4.68. The fourth-order valence-corrected chi connectivity index (χ4v) is 4.90. The number of benzene rings is 1. The summed E-state index contributed by atoms with van der Waals surface area (Å²) in [7, 11) is 0. The molecule has 0 spiro atoms. The summed E-state index contributed by atoms with van der Waals surface area (Å²) in [6.45, 7) is 6.05. The number of ketones is 1. The number of carbonyl (C=O) groups excluding carboxylic acids is 1. The summed E-state index contributed by atoms with van der Waals surface area (Å²) in [5, 5.41) is 15.9. The Hall–Kier alpha value is -1.66. The zero-order valence-corrected chi connectivity index (χ0v) is 14.2. The Labute approximate surface area is 139 Å². The van der Waals surface area contributed by atoms with Crippen LogP contribution in [0.5, 0.6) is 0 Å². The van der Waals surface area contributed by atoms with Crippen LogP contribution >= 0.6 is 11.8 Å². The number of thioether (sulfide) groups is 1. The predicted octanol–water partition coefficient (Wildman–Crippen LogP) is 2.76. The second-order valence-electron chi connectivity index (χ2n) is 7.36. The van der Waals surface area contributed by atoms with Gasteiger partial charge in [0.2, 0.25) is 0 Å². The molecule has 23 heavy (non-hydrogen) atoms. The van der Waals surface area contributed by atoms with E-state index in [9.17, 15) is 9.90 Å². The highest BCUT2D eigenvalue weighted by atomic mass is 32.2. The van der Waals surface area contributed by atoms with Crippen molar-refractivity contribution in [2.24, 2.45) is 5.41 Å². The minimum atomic E-state index is -1.27. The summed E-state index contributed by atoms with van der Waals surface area (Å²) in [6.07, 6.45) is 0.996. The Morgan fingerprint density at radius 3 is 2.91 bits per heavy atom. The van der Waals surface area contributed by atoms with E-state index in [0.717, 1.165) is 11.1 Å². The molecule has 0 amide bonds. The lowest BCUT2D eigenvalue weighted by Gasteiger charge is -2.41. The van der Waals surface area contributed by atoms with Crippen molar-refractivity contribution >= 4 is 17.5 Å². The lowest BCUT2D eigenvalue weighted by atomic mass is 9.72. The van der Waals surface area contributed by atoms with Crippen LogP contribution in [0.3, 0.4) is 0 Å². The van der Waals surface area contributed by atoms with Gasteiger partial charge in [0, 0.05) is 18.4 Å². The van der Waals surface area contributed by atoms with E-state index in [-0.39, 0.29) is 11.2 Å². The van der Waals surface area contributed by atoms with Crippen LogP contribution in [0.25, 0.3) is 11.4 Å². The first-order valence-corrected chi connectivity index (χ1v) is 8.63. The summed E-state index contributed by atoms with van der Waals surface area (Å²) in [4.78, 5) is 17.0. The summed E-state index contributed by atoms with van der Waals surface area (Å²) < 4.78 is 1.57. The first-order valence-electron chi connectivity index (χ1n) is 7.75. The zero-order chi connectivity index (χ0) is 16.4. The number of nitrogens with zero attached hydrogens (tertiary/aromatic N) is 3. The molecular formula is C17H19N3O2S. The van der Waals surface area contributed by atoms with Crippen LogP contribution in [0.2, 0.25) is 0 Å². The van der Waals surface area contributed by atoms with Crippen LogP contribution in [0, 0.1) is 12.3 Å². The Kier molecular flexibility index (Phi) is 3.03. The number of carbonyl (C=O) groups is 1. The number of hydrogen-bond donors (Lipinski definition) is 1. The molecular weight excluding hydrogens is 310 g/mol. The van der Waals surface area contributed by atoms with E-state index >= 15 is 0 Å². The van der Waals surface area contributed by atoms with E-state index in [2.05, 4.69) is 10.1 Å². The average Bonchev–Trinajstić information content (AvgIpc) is 2.96. The van der Waals surface area contributed by atoms with E-state index in [4.69, 9.17) is 0 Å². The fourth-order valence-electron chi connectivity index (χ4n) is 3.67. The summed E-state index contributed by atoms with van der Waals surface area (Å²) in [5.74, 6) is 0.678. The van der Waals surface area contributed by atoms with Crippen molar-refractivity contribution in [2.45, 2.75) is 49.7 Å². The Morgan fingerprint density at radius 2 is 2.17 bits per heavy atom. The van der Waals surface area contributed by atoms with Crippen LogP contribution in [0.4, 0.5) is 0 Å². The van der Waals surface area contributed by atoms with Crippen LogP contribution in [0.1, 0.15) is 32.3 Å². The van der Waals surface area contributed by atoms with E-state index < -0.39 is 11.0 Å². The number of aryl methyl sites for hydroxylation is 1. The fraction of sp³-hybridized carbons (Fsp3) is 0.471. The van der Waals surface area contributed by atoms with E-state index in [0.29, 0.717) is 23.8 Å². The maximum atomic E-state index is 12.4. The van der Waals surface area contributed by atoms with E-state index in [1.165, 1.54) is 11.8 Å². The summed E-state index contributed by atoms with van der Waals surface area (Å²) >= 11 is 1.34. The first-order chi connectivity index (χ1) is 10.8. The summed E-state index contributed by atoms with van der Waals surface area (Å²) in [6, 6.07) is 7.97. The summed E-state index contributed by atoms with van der Waals surface area (Å²) in [5.41, 5.74) is 0.554. The molecule has 6 heteroatoms. The average molecular weight is 329 g/mol. The maximum absolute atomic E-state index is 12.4. The monoisotopic (exact) mass is 329 g/mol. The largest absolute Gasteiger partial charge is 0.368 e. The van der Waals surface area contributed by atoms with Gasteiger partial charge in [0.15, 0.2) is 22.5 Å². The van der Waals surface area contributed by atoms with Crippen molar-refractivity contribution in [3.8, 4) is 11.4 Å². The van der Waals surface area contributed by atoms with Crippen molar-refractivity contribution < 1.29 is 9.90 Å². The van der Waals surface area contributed by atoms with Gasteiger partial charge in [-0.3, -0.25) is 4.79 Å². The second-order valence-corrected chi connectivity index (χ2v) is 8.43. The van der Waals surface area contributed by atoms with Gasteiger partial charge in [-0.15, -0.1) is 5.10 Å². The van der Waals surface area contributed by atoms with Gasteiger partial charge in [-0.25, -0.2) is 9.67 Å². The van der Waals surface area contributed by atoms with Crippen molar-refractivity contribution in [2.75, 3.05) is 0 Å². The van der Waals surface area contributed by atoms with Crippen molar-refractivity contribution in [1.29, 1.82) is 0 Å². The minimum absolute atomic E-state index is 0.0816. The third-order valence-corrected chi connectivity index (χ3v) is 5.90. The Balaban J connectivity index is 1.78. The van der Waals surface area contributed by atoms with Crippen LogP contribution in [0.15, 0.2) is 29.4 Å². The molecule has 1 N–H and O–H groups in total. The molecule has 4 rings (SSSR count). The molecule has 1 aromatic heterocycles. The molecule has 1 fully saturated rings. The third-order valence-electron chi connectivity index (χ3n) is 4.55. The number of aromatic nitrogens is 3. The van der Waals surface area contributed by atoms with Gasteiger partial charge in [0.25, 0.3) is 0 Å². The highest BCUT2D eigenvalue weighted by Gasteiger charge is 2.58.